The highest BCUT2D eigenvalue weighted by atomic mass is 35.5. The van der Waals surface area contributed by atoms with Crippen LogP contribution in [0.15, 0.2) is 36.7 Å². The van der Waals surface area contributed by atoms with Gasteiger partial charge in [-0.15, -0.1) is 12.4 Å². The van der Waals surface area contributed by atoms with E-state index in [1.54, 1.807) is 13.3 Å². The van der Waals surface area contributed by atoms with Crippen molar-refractivity contribution in [3.8, 4) is 0 Å². The molecule has 2 amide bonds. The van der Waals surface area contributed by atoms with Crippen LogP contribution in [0.1, 0.15) is 17.2 Å². The van der Waals surface area contributed by atoms with Gasteiger partial charge in [-0.2, -0.15) is 5.10 Å². The Hall–Kier alpha value is -2.42. The van der Waals surface area contributed by atoms with Gasteiger partial charge in [-0.05, 0) is 12.5 Å². The van der Waals surface area contributed by atoms with Crippen molar-refractivity contribution in [3.05, 3.63) is 47.8 Å². The average Bonchev–Trinajstić information content (AvgIpc) is 3.02. The van der Waals surface area contributed by atoms with E-state index in [0.29, 0.717) is 18.8 Å². The van der Waals surface area contributed by atoms with Gasteiger partial charge in [0.1, 0.15) is 12.6 Å². The van der Waals surface area contributed by atoms with E-state index in [2.05, 4.69) is 15.7 Å². The molecule has 0 radical (unpaired) electrons. The molecule has 1 aromatic carbocycles. The van der Waals surface area contributed by atoms with Crippen LogP contribution in [0, 0.1) is 6.92 Å². The van der Waals surface area contributed by atoms with Crippen LogP contribution in [0.4, 0.5) is 5.69 Å². The first kappa shape index (κ1) is 21.6. The summed E-state index contributed by atoms with van der Waals surface area (Å²) in [5, 5.41) is 9.45. The largest absolute Gasteiger partial charge is 0.383 e. The molecule has 142 valence electrons. The summed E-state index contributed by atoms with van der Waals surface area (Å²) >= 11 is 0. The third kappa shape index (κ3) is 6.47. The Balaban J connectivity index is 0.00000338. The van der Waals surface area contributed by atoms with E-state index in [0.717, 1.165) is 11.1 Å². The van der Waals surface area contributed by atoms with Crippen molar-refractivity contribution in [1.29, 1.82) is 0 Å². The van der Waals surface area contributed by atoms with E-state index in [1.165, 1.54) is 10.9 Å². The molecule has 4 N–H and O–H groups in total. The normalized spacial score (nSPS) is 11.3. The molecule has 0 aliphatic heterocycles. The summed E-state index contributed by atoms with van der Waals surface area (Å²) < 4.78 is 6.30. The number of nitrogens with two attached hydrogens (primary N) is 1. The van der Waals surface area contributed by atoms with Crippen LogP contribution in [0.3, 0.4) is 0 Å². The molecule has 8 nitrogen and oxygen atoms in total. The fourth-order valence-electron chi connectivity index (χ4n) is 2.16. The first-order valence-corrected chi connectivity index (χ1v) is 7.90. The quantitative estimate of drug-likeness (QED) is 0.591. The Kier molecular flexibility index (Phi) is 8.77. The molecule has 2 rings (SSSR count). The van der Waals surface area contributed by atoms with Crippen LogP contribution in [-0.4, -0.2) is 41.9 Å². The van der Waals surface area contributed by atoms with E-state index >= 15 is 0 Å². The van der Waals surface area contributed by atoms with Crippen molar-refractivity contribution in [3.63, 3.8) is 0 Å². The third-order valence-electron chi connectivity index (χ3n) is 3.55. The van der Waals surface area contributed by atoms with Gasteiger partial charge in [0, 0.05) is 19.9 Å². The second-order valence-electron chi connectivity index (χ2n) is 5.65. The van der Waals surface area contributed by atoms with Gasteiger partial charge in [-0.1, -0.05) is 29.8 Å². The van der Waals surface area contributed by atoms with Crippen LogP contribution in [0.2, 0.25) is 0 Å². The number of rotatable bonds is 8. The topological polar surface area (TPSA) is 111 Å². The van der Waals surface area contributed by atoms with Crippen LogP contribution in [-0.2, 0) is 20.9 Å². The van der Waals surface area contributed by atoms with Gasteiger partial charge in [0.25, 0.3) is 0 Å². The fourth-order valence-corrected chi connectivity index (χ4v) is 2.16. The predicted octanol–water partition coefficient (Wildman–Crippen LogP) is 1.01. The molecule has 2 aromatic rings. The van der Waals surface area contributed by atoms with E-state index in [4.69, 9.17) is 10.5 Å². The molecule has 0 spiro atoms. The zero-order valence-electron chi connectivity index (χ0n) is 14.8. The summed E-state index contributed by atoms with van der Waals surface area (Å²) in [5.41, 5.74) is 8.29. The minimum Gasteiger partial charge on any atom is -0.383 e. The maximum Gasteiger partial charge on any atom is 0.245 e. The molecule has 1 atom stereocenters. The first-order valence-electron chi connectivity index (χ1n) is 7.90. The maximum atomic E-state index is 12.2. The number of carbonyl (C=O) groups excluding carboxylic acids is 2. The molecule has 9 heteroatoms. The van der Waals surface area contributed by atoms with Crippen LogP contribution >= 0.6 is 12.4 Å². The van der Waals surface area contributed by atoms with Crippen molar-refractivity contribution >= 4 is 29.9 Å². The smallest absolute Gasteiger partial charge is 0.245 e. The highest BCUT2D eigenvalue weighted by molar-refractivity contribution is 5.95. The molecule has 1 heterocycles. The Morgan fingerprint density at radius 1 is 1.31 bits per heavy atom. The molecule has 0 aliphatic carbocycles. The van der Waals surface area contributed by atoms with Gasteiger partial charge in [-0.3, -0.25) is 14.3 Å². The number of halogens is 1. The SMILES string of the molecule is COCCNC(=O)Cn1cc(NC(=O)C(N)c2ccc(C)cc2)cn1.Cl. The van der Waals surface area contributed by atoms with E-state index < -0.39 is 6.04 Å². The summed E-state index contributed by atoms with van der Waals surface area (Å²) in [6, 6.07) is 6.69. The number of methoxy groups -OCH3 is 1. The summed E-state index contributed by atoms with van der Waals surface area (Å²) in [7, 11) is 1.57. The van der Waals surface area contributed by atoms with E-state index in [1.807, 2.05) is 31.2 Å². The Morgan fingerprint density at radius 2 is 2.00 bits per heavy atom. The standard InChI is InChI=1S/C17H23N5O3.ClH/c1-12-3-5-13(6-4-12)16(18)17(24)21-14-9-20-22(10-14)11-15(23)19-7-8-25-2;/h3-6,9-10,16H,7-8,11,18H2,1-2H3,(H,19,23)(H,21,24);1H. The number of anilines is 1. The number of ether oxygens (including phenoxy) is 1. The van der Waals surface area contributed by atoms with Gasteiger partial charge >= 0.3 is 0 Å². The summed E-state index contributed by atoms with van der Waals surface area (Å²) in [6.45, 7) is 2.91. The third-order valence-corrected chi connectivity index (χ3v) is 3.55. The monoisotopic (exact) mass is 381 g/mol. The molecule has 0 aliphatic rings. The second kappa shape index (κ2) is 10.5. The first-order chi connectivity index (χ1) is 12.0. The molecule has 1 unspecified atom stereocenters. The van der Waals surface area contributed by atoms with E-state index in [-0.39, 0.29) is 30.8 Å². The van der Waals surface area contributed by atoms with Gasteiger partial charge < -0.3 is 21.1 Å². The zero-order chi connectivity index (χ0) is 18.2. The lowest BCUT2D eigenvalue weighted by atomic mass is 10.1. The number of nitrogens with zero attached hydrogens (tertiary/aromatic N) is 2. The van der Waals surface area contributed by atoms with Crippen molar-refractivity contribution in [1.82, 2.24) is 15.1 Å². The molecule has 26 heavy (non-hydrogen) atoms. The highest BCUT2D eigenvalue weighted by Crippen LogP contribution is 2.14. The molecule has 0 bridgehead atoms. The Bertz CT molecular complexity index is 717. The lowest BCUT2D eigenvalue weighted by Gasteiger charge is -2.11. The lowest BCUT2D eigenvalue weighted by Crippen LogP contribution is -2.30. The number of aryl methyl sites for hydroxylation is 1. The van der Waals surface area contributed by atoms with Crippen LogP contribution < -0.4 is 16.4 Å². The summed E-state index contributed by atoms with van der Waals surface area (Å²) in [5.74, 6) is -0.526. The van der Waals surface area contributed by atoms with Crippen molar-refractivity contribution in [2.24, 2.45) is 5.73 Å². The molecular formula is C17H24ClN5O3. The van der Waals surface area contributed by atoms with Gasteiger partial charge in [0.05, 0.1) is 18.5 Å². The number of aromatic nitrogens is 2. The number of hydrogen-bond donors (Lipinski definition) is 3. The number of hydrogen-bond acceptors (Lipinski definition) is 5. The van der Waals surface area contributed by atoms with Crippen LogP contribution in [0.25, 0.3) is 0 Å². The Morgan fingerprint density at radius 3 is 2.65 bits per heavy atom. The number of nitrogens with one attached hydrogen (secondary N) is 2. The lowest BCUT2D eigenvalue weighted by molar-refractivity contribution is -0.122. The number of benzene rings is 1. The van der Waals surface area contributed by atoms with Gasteiger partial charge in [0.15, 0.2) is 0 Å². The average molecular weight is 382 g/mol. The van der Waals surface area contributed by atoms with Crippen LogP contribution in [0.5, 0.6) is 0 Å². The number of carbonyl (C=O) groups is 2. The molecular weight excluding hydrogens is 358 g/mol. The molecule has 0 saturated heterocycles. The minimum absolute atomic E-state index is 0. The van der Waals surface area contributed by atoms with E-state index in [9.17, 15) is 9.59 Å². The van der Waals surface area contributed by atoms with Gasteiger partial charge in [0.2, 0.25) is 11.8 Å². The Labute approximate surface area is 158 Å². The molecule has 0 saturated carbocycles. The number of amides is 2. The maximum absolute atomic E-state index is 12.2. The second-order valence-corrected chi connectivity index (χ2v) is 5.65. The summed E-state index contributed by atoms with van der Waals surface area (Å²) in [4.78, 5) is 23.9. The highest BCUT2D eigenvalue weighted by Gasteiger charge is 2.16. The predicted molar refractivity (Wildman–Crippen MR) is 101 cm³/mol. The molecule has 1 aromatic heterocycles. The summed E-state index contributed by atoms with van der Waals surface area (Å²) in [6.07, 6.45) is 3.05. The molecule has 0 fully saturated rings. The van der Waals surface area contributed by atoms with Crippen molar-refractivity contribution in [2.45, 2.75) is 19.5 Å². The fraction of sp³-hybridized carbons (Fsp3) is 0.353. The van der Waals surface area contributed by atoms with Gasteiger partial charge in [-0.25, -0.2) is 0 Å². The minimum atomic E-state index is -0.777. The van der Waals surface area contributed by atoms with Crippen molar-refractivity contribution in [2.75, 3.05) is 25.6 Å². The zero-order valence-corrected chi connectivity index (χ0v) is 15.6. The van der Waals surface area contributed by atoms with Crippen molar-refractivity contribution < 1.29 is 14.3 Å².